The molecule has 0 saturated heterocycles. The van der Waals surface area contributed by atoms with Crippen LogP contribution in [0.4, 0.5) is 0 Å². The summed E-state index contributed by atoms with van der Waals surface area (Å²) in [6.07, 6.45) is 6.33. The quantitative estimate of drug-likeness (QED) is 0.702. The van der Waals surface area contributed by atoms with Crippen molar-refractivity contribution < 1.29 is 14.7 Å². The van der Waals surface area contributed by atoms with Crippen molar-refractivity contribution in [2.24, 2.45) is 11.3 Å². The van der Waals surface area contributed by atoms with E-state index < -0.39 is 11.4 Å². The molecule has 2 fully saturated rings. The van der Waals surface area contributed by atoms with Gasteiger partial charge >= 0.3 is 5.97 Å². The first-order valence-electron chi connectivity index (χ1n) is 5.44. The highest BCUT2D eigenvalue weighted by Crippen LogP contribution is 2.50. The van der Waals surface area contributed by atoms with Crippen LogP contribution in [0.1, 0.15) is 44.9 Å². The van der Waals surface area contributed by atoms with Gasteiger partial charge in [0.25, 0.3) is 0 Å². The Labute approximate surface area is 83.5 Å². The Morgan fingerprint density at radius 2 is 1.64 bits per heavy atom. The summed E-state index contributed by atoms with van der Waals surface area (Å²) >= 11 is 0. The van der Waals surface area contributed by atoms with E-state index in [4.69, 9.17) is 5.11 Å². The third-order valence-corrected chi connectivity index (χ3v) is 3.61. The van der Waals surface area contributed by atoms with Gasteiger partial charge in [0.2, 0.25) is 0 Å². The zero-order valence-corrected chi connectivity index (χ0v) is 8.29. The third kappa shape index (κ3) is 1.45. The van der Waals surface area contributed by atoms with Gasteiger partial charge in [-0.15, -0.1) is 0 Å². The van der Waals surface area contributed by atoms with Gasteiger partial charge in [-0.2, -0.15) is 0 Å². The Kier molecular flexibility index (Phi) is 2.33. The minimum atomic E-state index is -0.956. The average Bonchev–Trinajstić information content (AvgIpc) is 2.99. The maximum Gasteiger partial charge on any atom is 0.317 e. The molecule has 0 aromatic heterocycles. The number of carbonyl (C=O) groups is 2. The fourth-order valence-electron chi connectivity index (χ4n) is 2.45. The highest BCUT2D eigenvalue weighted by molar-refractivity contribution is 6.06. The second-order valence-corrected chi connectivity index (χ2v) is 4.59. The lowest BCUT2D eigenvalue weighted by Crippen LogP contribution is -2.32. The maximum atomic E-state index is 11.9. The predicted octanol–water partition coefficient (Wildman–Crippen LogP) is 2.00. The lowest BCUT2D eigenvalue weighted by molar-refractivity contribution is -0.150. The van der Waals surface area contributed by atoms with Crippen LogP contribution in [-0.4, -0.2) is 16.9 Å². The van der Waals surface area contributed by atoms with Gasteiger partial charge in [0.05, 0.1) is 0 Å². The normalized spacial score (nSPS) is 25.7. The van der Waals surface area contributed by atoms with E-state index in [-0.39, 0.29) is 11.7 Å². The third-order valence-electron chi connectivity index (χ3n) is 3.61. The van der Waals surface area contributed by atoms with Gasteiger partial charge in [0.1, 0.15) is 5.41 Å². The summed E-state index contributed by atoms with van der Waals surface area (Å²) in [5.41, 5.74) is -0.956. The number of Topliss-reactive ketones (excluding diaryl/α,β-unsaturated/α-hetero) is 1. The van der Waals surface area contributed by atoms with Crippen LogP contribution in [0.5, 0.6) is 0 Å². The molecule has 0 amide bonds. The first-order valence-corrected chi connectivity index (χ1v) is 5.44. The standard InChI is InChI=1S/C11H16O3/c12-9(8-4-2-1-3-5-8)11(6-7-11)10(13)14/h8H,1-7H2,(H,13,14). The summed E-state index contributed by atoms with van der Waals surface area (Å²) in [5.74, 6) is -0.833. The molecule has 2 saturated carbocycles. The molecule has 0 unspecified atom stereocenters. The van der Waals surface area contributed by atoms with E-state index in [0.717, 1.165) is 25.7 Å². The molecule has 0 aromatic carbocycles. The van der Waals surface area contributed by atoms with Crippen LogP contribution in [0.15, 0.2) is 0 Å². The van der Waals surface area contributed by atoms with Crippen molar-refractivity contribution in [1.29, 1.82) is 0 Å². The molecule has 14 heavy (non-hydrogen) atoms. The fraction of sp³-hybridized carbons (Fsp3) is 0.818. The van der Waals surface area contributed by atoms with Gasteiger partial charge in [-0.25, -0.2) is 0 Å². The monoisotopic (exact) mass is 196 g/mol. The molecule has 0 aliphatic heterocycles. The largest absolute Gasteiger partial charge is 0.480 e. The minimum absolute atomic E-state index is 0.0182. The Morgan fingerprint density at radius 1 is 1.07 bits per heavy atom. The highest BCUT2D eigenvalue weighted by atomic mass is 16.4. The minimum Gasteiger partial charge on any atom is -0.480 e. The molecule has 0 radical (unpaired) electrons. The number of carboxylic acids is 1. The van der Waals surface area contributed by atoms with Crippen LogP contribution < -0.4 is 0 Å². The molecule has 78 valence electrons. The summed E-state index contributed by atoms with van der Waals surface area (Å²) in [6, 6.07) is 0. The Balaban J connectivity index is 2.04. The Morgan fingerprint density at radius 3 is 2.07 bits per heavy atom. The molecule has 3 heteroatoms. The number of ketones is 1. The van der Waals surface area contributed by atoms with E-state index in [9.17, 15) is 9.59 Å². The van der Waals surface area contributed by atoms with Crippen molar-refractivity contribution >= 4 is 11.8 Å². The van der Waals surface area contributed by atoms with Crippen molar-refractivity contribution in [2.45, 2.75) is 44.9 Å². The molecule has 0 atom stereocenters. The molecule has 0 spiro atoms. The van der Waals surface area contributed by atoms with Gasteiger partial charge in [-0.3, -0.25) is 9.59 Å². The van der Waals surface area contributed by atoms with E-state index in [1.165, 1.54) is 6.42 Å². The van der Waals surface area contributed by atoms with Crippen LogP contribution in [0, 0.1) is 11.3 Å². The van der Waals surface area contributed by atoms with E-state index in [1.54, 1.807) is 0 Å². The summed E-state index contributed by atoms with van der Waals surface area (Å²) in [7, 11) is 0. The van der Waals surface area contributed by atoms with Crippen molar-refractivity contribution in [3.05, 3.63) is 0 Å². The smallest absolute Gasteiger partial charge is 0.317 e. The summed E-state index contributed by atoms with van der Waals surface area (Å²) in [4.78, 5) is 22.9. The van der Waals surface area contributed by atoms with Crippen molar-refractivity contribution in [3.8, 4) is 0 Å². The molecule has 3 nitrogen and oxygen atoms in total. The van der Waals surface area contributed by atoms with Crippen LogP contribution in [-0.2, 0) is 9.59 Å². The van der Waals surface area contributed by atoms with Crippen LogP contribution in [0.3, 0.4) is 0 Å². The molecule has 0 heterocycles. The lowest BCUT2D eigenvalue weighted by Gasteiger charge is -2.23. The van der Waals surface area contributed by atoms with E-state index in [2.05, 4.69) is 0 Å². The molecule has 0 aromatic rings. The van der Waals surface area contributed by atoms with Crippen molar-refractivity contribution in [2.75, 3.05) is 0 Å². The van der Waals surface area contributed by atoms with Gasteiger partial charge < -0.3 is 5.11 Å². The van der Waals surface area contributed by atoms with Gasteiger partial charge in [0.15, 0.2) is 5.78 Å². The second-order valence-electron chi connectivity index (χ2n) is 4.59. The van der Waals surface area contributed by atoms with Gasteiger partial charge in [0, 0.05) is 5.92 Å². The second kappa shape index (κ2) is 3.37. The van der Waals surface area contributed by atoms with Crippen molar-refractivity contribution in [3.63, 3.8) is 0 Å². The number of hydrogen-bond donors (Lipinski definition) is 1. The molecule has 0 bridgehead atoms. The van der Waals surface area contributed by atoms with Crippen LogP contribution >= 0.6 is 0 Å². The zero-order valence-electron chi connectivity index (χ0n) is 8.29. The number of carboxylic acid groups (broad SMARTS) is 1. The number of carbonyl (C=O) groups excluding carboxylic acids is 1. The first-order chi connectivity index (χ1) is 6.67. The number of hydrogen-bond acceptors (Lipinski definition) is 2. The molecule has 1 N–H and O–H groups in total. The molecular formula is C11H16O3. The Bertz CT molecular complexity index is 260. The molecule has 2 aliphatic rings. The summed E-state index contributed by atoms with van der Waals surface area (Å²) in [5, 5.41) is 8.98. The predicted molar refractivity (Wildman–Crippen MR) is 50.9 cm³/mol. The molecule has 2 aliphatic carbocycles. The van der Waals surface area contributed by atoms with E-state index in [1.807, 2.05) is 0 Å². The van der Waals surface area contributed by atoms with E-state index in [0.29, 0.717) is 12.8 Å². The summed E-state index contributed by atoms with van der Waals surface area (Å²) < 4.78 is 0. The number of rotatable bonds is 3. The Hall–Kier alpha value is -0.860. The zero-order chi connectivity index (χ0) is 10.2. The van der Waals surface area contributed by atoms with Gasteiger partial charge in [-0.05, 0) is 25.7 Å². The molecule has 2 rings (SSSR count). The van der Waals surface area contributed by atoms with Crippen LogP contribution in [0.2, 0.25) is 0 Å². The average molecular weight is 196 g/mol. The van der Waals surface area contributed by atoms with E-state index >= 15 is 0 Å². The lowest BCUT2D eigenvalue weighted by atomic mass is 9.80. The van der Waals surface area contributed by atoms with Crippen molar-refractivity contribution in [1.82, 2.24) is 0 Å². The number of aliphatic carboxylic acids is 1. The highest BCUT2D eigenvalue weighted by Gasteiger charge is 2.58. The fourth-order valence-corrected chi connectivity index (χ4v) is 2.45. The first kappa shape index (κ1) is 9.69. The maximum absolute atomic E-state index is 11.9. The molecular weight excluding hydrogens is 180 g/mol. The van der Waals surface area contributed by atoms with Crippen LogP contribution in [0.25, 0.3) is 0 Å². The topological polar surface area (TPSA) is 54.4 Å². The summed E-state index contributed by atoms with van der Waals surface area (Å²) in [6.45, 7) is 0. The van der Waals surface area contributed by atoms with Gasteiger partial charge in [-0.1, -0.05) is 19.3 Å². The SMILES string of the molecule is O=C(O)C1(C(=O)C2CCCCC2)CC1.